The quantitative estimate of drug-likeness (QED) is 0.250. The molecule has 0 radical (unpaired) electrons. The first kappa shape index (κ1) is 26.1. The second-order valence-corrected chi connectivity index (χ2v) is 11.1. The Labute approximate surface area is 244 Å². The SMILES string of the molecule is COc1nc(NCc2cn3cc(C4CC4)cc(N4CC(=O)NC4=O)c3n2)cc(NC(=O)[C@H]2C[C@@H]2c2cc(Cl)ccn2)n1. The van der Waals surface area contributed by atoms with Gasteiger partial charge in [0.1, 0.15) is 18.2 Å². The molecule has 13 nitrogen and oxygen atoms in total. The average molecular weight is 588 g/mol. The standard InChI is InChI=1S/C28H26ClN9O4/c1-42-27-34-22(9-23(35-27)33-26(40)19-8-18(19)20-7-16(29)4-5-30-20)31-10-17-12-37-11-15(14-2-3-14)6-21(25(37)32-17)38-13-24(39)36-28(38)41/h4-7,9,11-12,14,18-19H,2-3,8,10,13H2,1H3,(H,36,39,41)(H2,31,33,34,35,40)/t18-,19-/m0/s1. The van der Waals surface area contributed by atoms with E-state index in [2.05, 4.69) is 30.9 Å². The molecule has 3 N–H and O–H groups in total. The number of anilines is 3. The van der Waals surface area contributed by atoms with E-state index < -0.39 is 6.03 Å². The molecular weight excluding hydrogens is 562 g/mol. The summed E-state index contributed by atoms with van der Waals surface area (Å²) in [7, 11) is 1.45. The van der Waals surface area contributed by atoms with Gasteiger partial charge in [0.2, 0.25) is 11.8 Å². The number of carbonyl (C=O) groups is 3. The monoisotopic (exact) mass is 587 g/mol. The molecule has 3 fully saturated rings. The summed E-state index contributed by atoms with van der Waals surface area (Å²) in [5.41, 5.74) is 3.75. The van der Waals surface area contributed by atoms with E-state index in [1.165, 1.54) is 12.0 Å². The van der Waals surface area contributed by atoms with Gasteiger partial charge < -0.3 is 19.8 Å². The van der Waals surface area contributed by atoms with Crippen LogP contribution in [0.25, 0.3) is 5.65 Å². The fourth-order valence-corrected chi connectivity index (χ4v) is 5.39. The van der Waals surface area contributed by atoms with Gasteiger partial charge in [-0.15, -0.1) is 0 Å². The van der Waals surface area contributed by atoms with Crippen molar-refractivity contribution in [3.05, 3.63) is 64.8 Å². The highest BCUT2D eigenvalue weighted by molar-refractivity contribution is 6.30. The molecule has 0 aromatic carbocycles. The number of urea groups is 1. The highest BCUT2D eigenvalue weighted by Gasteiger charge is 2.45. The van der Waals surface area contributed by atoms with Crippen LogP contribution >= 0.6 is 11.6 Å². The molecule has 3 aliphatic rings. The molecule has 2 atom stereocenters. The van der Waals surface area contributed by atoms with Crippen LogP contribution in [-0.2, 0) is 16.1 Å². The van der Waals surface area contributed by atoms with Crippen LogP contribution in [0.2, 0.25) is 5.02 Å². The number of hydrogen-bond acceptors (Lipinski definition) is 9. The van der Waals surface area contributed by atoms with E-state index in [9.17, 15) is 14.4 Å². The van der Waals surface area contributed by atoms with E-state index in [1.54, 1.807) is 24.4 Å². The van der Waals surface area contributed by atoms with E-state index in [-0.39, 0.29) is 36.2 Å². The smallest absolute Gasteiger partial charge is 0.329 e. The third-order valence-electron chi connectivity index (χ3n) is 7.58. The number of fused-ring (bicyclic) bond motifs is 1. The molecule has 2 saturated carbocycles. The maximum atomic E-state index is 12.9. The predicted octanol–water partition coefficient (Wildman–Crippen LogP) is 3.47. The summed E-state index contributed by atoms with van der Waals surface area (Å²) in [6.07, 6.45) is 8.40. The van der Waals surface area contributed by atoms with Gasteiger partial charge in [-0.05, 0) is 48.9 Å². The van der Waals surface area contributed by atoms with Crippen LogP contribution in [0.15, 0.2) is 42.9 Å². The first-order valence-corrected chi connectivity index (χ1v) is 13.9. The number of nitrogens with zero attached hydrogens (tertiary/aromatic N) is 6. The van der Waals surface area contributed by atoms with Crippen molar-refractivity contribution in [2.45, 2.75) is 37.6 Å². The van der Waals surface area contributed by atoms with Gasteiger partial charge in [-0.1, -0.05) is 11.6 Å². The molecular formula is C28H26ClN9O4. The third-order valence-corrected chi connectivity index (χ3v) is 7.81. The van der Waals surface area contributed by atoms with Crippen molar-refractivity contribution in [3.63, 3.8) is 0 Å². The van der Waals surface area contributed by atoms with E-state index in [0.29, 0.717) is 52.6 Å². The zero-order chi connectivity index (χ0) is 29.0. The molecule has 0 unspecified atom stereocenters. The van der Waals surface area contributed by atoms with Gasteiger partial charge in [-0.25, -0.2) is 9.78 Å². The molecule has 2 aliphatic carbocycles. The Hall–Kier alpha value is -4.78. The van der Waals surface area contributed by atoms with E-state index in [1.807, 2.05) is 22.9 Å². The molecule has 7 rings (SSSR count). The largest absolute Gasteiger partial charge is 0.467 e. The number of rotatable bonds is 9. The lowest BCUT2D eigenvalue weighted by molar-refractivity contribution is -0.118. The van der Waals surface area contributed by atoms with Crippen LogP contribution in [0.1, 0.15) is 48.0 Å². The van der Waals surface area contributed by atoms with Gasteiger partial charge in [0.25, 0.3) is 0 Å². The van der Waals surface area contributed by atoms with Gasteiger partial charge in [0, 0.05) is 47.2 Å². The number of carbonyl (C=O) groups excluding carboxylic acids is 3. The Balaban J connectivity index is 1.08. The van der Waals surface area contributed by atoms with Crippen LogP contribution in [0, 0.1) is 5.92 Å². The summed E-state index contributed by atoms with van der Waals surface area (Å²) >= 11 is 6.08. The molecule has 4 aromatic heterocycles. The van der Waals surface area contributed by atoms with E-state index in [0.717, 1.165) is 24.1 Å². The fourth-order valence-electron chi connectivity index (χ4n) is 5.22. The second kappa shape index (κ2) is 10.2. The first-order chi connectivity index (χ1) is 20.3. The second-order valence-electron chi connectivity index (χ2n) is 10.7. The van der Waals surface area contributed by atoms with Crippen molar-refractivity contribution >= 4 is 52.4 Å². The molecule has 14 heteroatoms. The third kappa shape index (κ3) is 5.18. The van der Waals surface area contributed by atoms with Crippen LogP contribution < -0.4 is 25.6 Å². The maximum Gasteiger partial charge on any atom is 0.329 e. The minimum atomic E-state index is -0.457. The van der Waals surface area contributed by atoms with Gasteiger partial charge in [-0.2, -0.15) is 9.97 Å². The van der Waals surface area contributed by atoms with Gasteiger partial charge in [0.05, 0.1) is 25.0 Å². The summed E-state index contributed by atoms with van der Waals surface area (Å²) in [4.78, 5) is 56.4. The number of halogens is 1. The molecule has 1 aliphatic heterocycles. The first-order valence-electron chi connectivity index (χ1n) is 13.6. The number of hydrogen-bond donors (Lipinski definition) is 3. The molecule has 4 amide bonds. The summed E-state index contributed by atoms with van der Waals surface area (Å²) < 4.78 is 7.15. The topological polar surface area (TPSA) is 156 Å². The van der Waals surface area contributed by atoms with Crippen LogP contribution in [0.5, 0.6) is 6.01 Å². The van der Waals surface area contributed by atoms with Crippen molar-refractivity contribution in [1.29, 1.82) is 0 Å². The summed E-state index contributed by atoms with van der Waals surface area (Å²) in [5.74, 6) is 0.439. The normalized spacial score (nSPS) is 19.6. The molecule has 214 valence electrons. The minimum Gasteiger partial charge on any atom is -0.467 e. The van der Waals surface area contributed by atoms with E-state index in [4.69, 9.17) is 21.3 Å². The lowest BCUT2D eigenvalue weighted by Gasteiger charge is -2.15. The van der Waals surface area contributed by atoms with Crippen LogP contribution in [0.3, 0.4) is 0 Å². The number of imidazole rings is 1. The van der Waals surface area contributed by atoms with Crippen molar-refractivity contribution in [2.75, 3.05) is 29.2 Å². The lowest BCUT2D eigenvalue weighted by atomic mass is 10.1. The number of nitrogens with one attached hydrogen (secondary N) is 3. The zero-order valence-corrected chi connectivity index (χ0v) is 23.3. The number of aromatic nitrogens is 5. The fraction of sp³-hybridized carbons (Fsp3) is 0.321. The molecule has 5 heterocycles. The zero-order valence-electron chi connectivity index (χ0n) is 22.5. The highest BCUT2D eigenvalue weighted by Crippen LogP contribution is 2.47. The van der Waals surface area contributed by atoms with Crippen LogP contribution in [-0.4, -0.2) is 55.8 Å². The average Bonchev–Trinajstić information content (AvgIpc) is 3.89. The number of ether oxygens (including phenoxy) is 1. The number of amides is 4. The Kier molecular flexibility index (Phi) is 6.38. The van der Waals surface area contributed by atoms with Crippen molar-refractivity contribution in [2.24, 2.45) is 5.92 Å². The lowest BCUT2D eigenvalue weighted by Crippen LogP contribution is -2.28. The molecule has 0 bridgehead atoms. The Morgan fingerprint density at radius 1 is 1.14 bits per heavy atom. The summed E-state index contributed by atoms with van der Waals surface area (Å²) in [6.45, 7) is 0.249. The van der Waals surface area contributed by atoms with Crippen molar-refractivity contribution in [3.8, 4) is 6.01 Å². The molecule has 4 aromatic rings. The minimum absolute atomic E-state index is 0.00940. The Morgan fingerprint density at radius 2 is 1.98 bits per heavy atom. The number of imide groups is 1. The van der Waals surface area contributed by atoms with E-state index >= 15 is 0 Å². The summed E-state index contributed by atoms with van der Waals surface area (Å²) in [6, 6.07) is 6.70. The molecule has 1 saturated heterocycles. The molecule has 0 spiro atoms. The Bertz CT molecular complexity index is 1750. The van der Waals surface area contributed by atoms with Gasteiger partial charge in [-0.3, -0.25) is 24.8 Å². The number of methoxy groups -OCH3 is 1. The maximum absolute atomic E-state index is 12.9. The van der Waals surface area contributed by atoms with Crippen LogP contribution in [0.4, 0.5) is 22.1 Å². The number of pyridine rings is 2. The highest BCUT2D eigenvalue weighted by atomic mass is 35.5. The summed E-state index contributed by atoms with van der Waals surface area (Å²) in [5, 5.41) is 9.00. The van der Waals surface area contributed by atoms with Crippen molar-refractivity contribution in [1.82, 2.24) is 29.7 Å². The predicted molar refractivity (Wildman–Crippen MR) is 153 cm³/mol. The van der Waals surface area contributed by atoms with Gasteiger partial charge >= 0.3 is 12.0 Å². The Morgan fingerprint density at radius 3 is 2.71 bits per heavy atom. The van der Waals surface area contributed by atoms with Crippen molar-refractivity contribution < 1.29 is 19.1 Å². The van der Waals surface area contributed by atoms with Gasteiger partial charge in [0.15, 0.2) is 5.65 Å². The molecule has 42 heavy (non-hydrogen) atoms.